The summed E-state index contributed by atoms with van der Waals surface area (Å²) in [6, 6.07) is 6.21. The fourth-order valence-electron chi connectivity index (χ4n) is 2.62. The fourth-order valence-corrected chi connectivity index (χ4v) is 4.01. The molecule has 7 nitrogen and oxygen atoms in total. The van der Waals surface area contributed by atoms with Gasteiger partial charge in [-0.2, -0.15) is 5.26 Å². The SMILES string of the molecule is Cc1cc(S(=O)(=O)NC2CCN(CC(=O)O)CC2)ccc1C#N. The zero-order chi connectivity index (χ0) is 17.0. The number of hydrogen-bond acceptors (Lipinski definition) is 5. The maximum absolute atomic E-state index is 12.4. The number of likely N-dealkylation sites (tertiary alicyclic amines) is 1. The molecule has 0 spiro atoms. The Labute approximate surface area is 135 Å². The number of carboxylic acids is 1. The molecule has 0 unspecified atom stereocenters. The molecule has 1 heterocycles. The highest BCUT2D eigenvalue weighted by Crippen LogP contribution is 2.17. The molecule has 1 aromatic rings. The molecule has 1 aromatic carbocycles. The summed E-state index contributed by atoms with van der Waals surface area (Å²) in [6.45, 7) is 2.77. The van der Waals surface area contributed by atoms with E-state index in [2.05, 4.69) is 4.72 Å². The first-order valence-corrected chi connectivity index (χ1v) is 8.77. The van der Waals surface area contributed by atoms with Crippen molar-refractivity contribution in [3.63, 3.8) is 0 Å². The average Bonchev–Trinajstić information content (AvgIpc) is 2.48. The van der Waals surface area contributed by atoms with E-state index in [0.29, 0.717) is 37.1 Å². The summed E-state index contributed by atoms with van der Waals surface area (Å²) in [7, 11) is -3.64. The van der Waals surface area contributed by atoms with Crippen LogP contribution >= 0.6 is 0 Å². The summed E-state index contributed by atoms with van der Waals surface area (Å²) in [5.74, 6) is -0.878. The number of benzene rings is 1. The predicted molar refractivity (Wildman–Crippen MR) is 83.3 cm³/mol. The molecule has 0 amide bonds. The molecule has 0 radical (unpaired) electrons. The second-order valence-electron chi connectivity index (χ2n) is 5.65. The van der Waals surface area contributed by atoms with Crippen LogP contribution in [-0.2, 0) is 14.8 Å². The number of hydrogen-bond donors (Lipinski definition) is 2. The van der Waals surface area contributed by atoms with Crippen LogP contribution in [0, 0.1) is 18.3 Å². The molecule has 23 heavy (non-hydrogen) atoms. The number of carboxylic acid groups (broad SMARTS) is 1. The van der Waals surface area contributed by atoms with E-state index in [9.17, 15) is 13.2 Å². The Morgan fingerprint density at radius 1 is 1.43 bits per heavy atom. The lowest BCUT2D eigenvalue weighted by Crippen LogP contribution is -2.45. The second-order valence-corrected chi connectivity index (χ2v) is 7.37. The van der Waals surface area contributed by atoms with Gasteiger partial charge in [-0.25, -0.2) is 13.1 Å². The van der Waals surface area contributed by atoms with Crippen molar-refractivity contribution >= 4 is 16.0 Å². The lowest BCUT2D eigenvalue weighted by molar-refractivity contribution is -0.138. The van der Waals surface area contributed by atoms with Crippen LogP contribution in [0.1, 0.15) is 24.0 Å². The van der Waals surface area contributed by atoms with Crippen molar-refractivity contribution in [3.05, 3.63) is 29.3 Å². The highest BCUT2D eigenvalue weighted by molar-refractivity contribution is 7.89. The van der Waals surface area contributed by atoms with E-state index >= 15 is 0 Å². The molecule has 8 heteroatoms. The van der Waals surface area contributed by atoms with Gasteiger partial charge in [-0.3, -0.25) is 9.69 Å². The second kappa shape index (κ2) is 7.08. The summed E-state index contributed by atoms with van der Waals surface area (Å²) in [5, 5.41) is 17.7. The van der Waals surface area contributed by atoms with Crippen LogP contribution in [0.4, 0.5) is 0 Å². The smallest absolute Gasteiger partial charge is 0.317 e. The van der Waals surface area contributed by atoms with Gasteiger partial charge in [0, 0.05) is 19.1 Å². The van der Waals surface area contributed by atoms with Gasteiger partial charge in [0.05, 0.1) is 23.1 Å². The topological polar surface area (TPSA) is 110 Å². The zero-order valence-electron chi connectivity index (χ0n) is 12.8. The Morgan fingerprint density at radius 3 is 2.61 bits per heavy atom. The monoisotopic (exact) mass is 337 g/mol. The van der Waals surface area contributed by atoms with Gasteiger partial charge in [0.15, 0.2) is 0 Å². The number of nitrogens with one attached hydrogen (secondary N) is 1. The molecule has 124 valence electrons. The van der Waals surface area contributed by atoms with Gasteiger partial charge < -0.3 is 5.11 Å². The standard InChI is InChI=1S/C15H19N3O4S/c1-11-8-14(3-2-12(11)9-16)23(21,22)17-13-4-6-18(7-5-13)10-15(19)20/h2-3,8,13,17H,4-7,10H2,1H3,(H,19,20). The van der Waals surface area contributed by atoms with Crippen LogP contribution in [0.15, 0.2) is 23.1 Å². The van der Waals surface area contributed by atoms with Crippen molar-refractivity contribution in [1.29, 1.82) is 5.26 Å². The normalized spacial score (nSPS) is 16.9. The minimum absolute atomic E-state index is 0.0196. The first-order valence-electron chi connectivity index (χ1n) is 7.29. The fraction of sp³-hybridized carbons (Fsp3) is 0.467. The van der Waals surface area contributed by atoms with Crippen molar-refractivity contribution in [3.8, 4) is 6.07 Å². The van der Waals surface area contributed by atoms with Gasteiger partial charge in [-0.05, 0) is 43.5 Å². The molecule has 0 aromatic heterocycles. The Kier molecular flexibility index (Phi) is 5.36. The van der Waals surface area contributed by atoms with E-state index in [1.54, 1.807) is 11.8 Å². The van der Waals surface area contributed by atoms with Crippen molar-refractivity contribution in [2.75, 3.05) is 19.6 Å². The van der Waals surface area contributed by atoms with Gasteiger partial charge in [-0.15, -0.1) is 0 Å². The first kappa shape index (κ1) is 17.4. The summed E-state index contributed by atoms with van der Waals surface area (Å²) in [5.41, 5.74) is 1.07. The molecule has 2 rings (SSSR count). The number of nitriles is 1. The molecule has 0 atom stereocenters. The third kappa shape index (κ3) is 4.51. The van der Waals surface area contributed by atoms with Crippen LogP contribution in [0.25, 0.3) is 0 Å². The van der Waals surface area contributed by atoms with Crippen molar-refractivity contribution in [1.82, 2.24) is 9.62 Å². The summed E-state index contributed by atoms with van der Waals surface area (Å²) < 4.78 is 27.5. The molecular weight excluding hydrogens is 318 g/mol. The van der Waals surface area contributed by atoms with Crippen LogP contribution in [-0.4, -0.2) is 50.1 Å². The van der Waals surface area contributed by atoms with Crippen LogP contribution < -0.4 is 4.72 Å². The highest BCUT2D eigenvalue weighted by Gasteiger charge is 2.25. The molecular formula is C15H19N3O4S. The number of sulfonamides is 1. The molecule has 1 saturated heterocycles. The van der Waals surface area contributed by atoms with E-state index < -0.39 is 16.0 Å². The molecule has 2 N–H and O–H groups in total. The van der Waals surface area contributed by atoms with Crippen molar-refractivity contribution in [2.45, 2.75) is 30.7 Å². The minimum Gasteiger partial charge on any atom is -0.480 e. The lowest BCUT2D eigenvalue weighted by Gasteiger charge is -2.31. The number of piperidine rings is 1. The molecule has 1 fully saturated rings. The quantitative estimate of drug-likeness (QED) is 0.818. The van der Waals surface area contributed by atoms with Crippen LogP contribution in [0.3, 0.4) is 0 Å². The largest absolute Gasteiger partial charge is 0.480 e. The molecule has 1 aliphatic rings. The van der Waals surface area contributed by atoms with Gasteiger partial charge in [-0.1, -0.05) is 0 Å². The maximum Gasteiger partial charge on any atom is 0.317 e. The molecule has 0 saturated carbocycles. The Hall–Kier alpha value is -1.95. The van der Waals surface area contributed by atoms with E-state index in [-0.39, 0.29) is 17.5 Å². The van der Waals surface area contributed by atoms with Crippen molar-refractivity contribution < 1.29 is 18.3 Å². The third-order valence-electron chi connectivity index (χ3n) is 3.90. The summed E-state index contributed by atoms with van der Waals surface area (Å²) in [6.07, 6.45) is 1.14. The highest BCUT2D eigenvalue weighted by atomic mass is 32.2. The van der Waals surface area contributed by atoms with Crippen LogP contribution in [0.5, 0.6) is 0 Å². The van der Waals surface area contributed by atoms with Gasteiger partial charge >= 0.3 is 5.97 Å². The number of aryl methyl sites for hydroxylation is 1. The van der Waals surface area contributed by atoms with Gasteiger partial charge in [0.1, 0.15) is 0 Å². The van der Waals surface area contributed by atoms with E-state index in [0.717, 1.165) is 0 Å². The Balaban J connectivity index is 2.01. The van der Waals surface area contributed by atoms with Crippen molar-refractivity contribution in [2.24, 2.45) is 0 Å². The molecule has 0 aliphatic carbocycles. The number of nitrogens with zero attached hydrogens (tertiary/aromatic N) is 2. The molecule has 0 bridgehead atoms. The predicted octanol–water partition coefficient (Wildman–Crippen LogP) is 0.694. The van der Waals surface area contributed by atoms with E-state index in [1.165, 1.54) is 18.2 Å². The number of aliphatic carboxylic acids is 1. The summed E-state index contributed by atoms with van der Waals surface area (Å²) in [4.78, 5) is 12.6. The van der Waals surface area contributed by atoms with E-state index in [4.69, 9.17) is 10.4 Å². The maximum atomic E-state index is 12.4. The minimum atomic E-state index is -3.64. The van der Waals surface area contributed by atoms with Gasteiger partial charge in [0.2, 0.25) is 10.0 Å². The average molecular weight is 337 g/mol. The third-order valence-corrected chi connectivity index (χ3v) is 5.42. The zero-order valence-corrected chi connectivity index (χ0v) is 13.6. The van der Waals surface area contributed by atoms with Crippen LogP contribution in [0.2, 0.25) is 0 Å². The number of rotatable bonds is 5. The number of carbonyl (C=O) groups is 1. The lowest BCUT2D eigenvalue weighted by atomic mass is 10.1. The first-order chi connectivity index (χ1) is 10.8. The summed E-state index contributed by atoms with van der Waals surface area (Å²) >= 11 is 0. The van der Waals surface area contributed by atoms with Gasteiger partial charge in [0.25, 0.3) is 0 Å². The molecule has 1 aliphatic heterocycles. The Bertz CT molecular complexity index is 732. The Morgan fingerprint density at radius 2 is 2.09 bits per heavy atom. The van der Waals surface area contributed by atoms with E-state index in [1.807, 2.05) is 6.07 Å².